The molecular weight excluding hydrogens is 453 g/mol. The second-order valence-corrected chi connectivity index (χ2v) is 8.11. The molecule has 0 radical (unpaired) electrons. The summed E-state index contributed by atoms with van der Waals surface area (Å²) < 4.78 is 45.3. The molecule has 0 saturated carbocycles. The highest BCUT2D eigenvalue weighted by Crippen LogP contribution is 2.31. The predicted octanol–water partition coefficient (Wildman–Crippen LogP) is 8.82. The summed E-state index contributed by atoms with van der Waals surface area (Å²) >= 11 is 0. The predicted molar refractivity (Wildman–Crippen MR) is 138 cm³/mol. The average molecular weight is 479 g/mol. The Labute approximate surface area is 203 Å². The van der Waals surface area contributed by atoms with Crippen LogP contribution in [0.15, 0.2) is 101 Å². The van der Waals surface area contributed by atoms with Crippen molar-refractivity contribution in [2.24, 2.45) is 0 Å². The molecule has 4 rings (SSSR count). The van der Waals surface area contributed by atoms with Gasteiger partial charge in [0.15, 0.2) is 0 Å². The van der Waals surface area contributed by atoms with Crippen molar-refractivity contribution in [3.8, 4) is 22.5 Å². The summed E-state index contributed by atoms with van der Waals surface area (Å²) in [7, 11) is -1.90. The molecule has 0 aliphatic rings. The molecule has 0 saturated heterocycles. The van der Waals surface area contributed by atoms with E-state index in [0.29, 0.717) is 0 Å². The number of halogens is 4. The van der Waals surface area contributed by atoms with Gasteiger partial charge in [-0.2, -0.15) is 0 Å². The van der Waals surface area contributed by atoms with Crippen LogP contribution < -0.4 is 4.90 Å². The van der Waals surface area contributed by atoms with Crippen LogP contribution in [-0.2, 0) is 0 Å². The average Bonchev–Trinajstić information content (AvgIpc) is 2.84. The van der Waals surface area contributed by atoms with Gasteiger partial charge in [0.2, 0.25) is 0 Å². The monoisotopic (exact) mass is 479 g/mol. The minimum atomic E-state index is -6.00. The van der Waals surface area contributed by atoms with Gasteiger partial charge in [-0.3, -0.25) is 0 Å². The zero-order valence-corrected chi connectivity index (χ0v) is 19.8. The van der Waals surface area contributed by atoms with E-state index in [9.17, 15) is 17.3 Å². The second-order valence-electron chi connectivity index (χ2n) is 8.11. The third kappa shape index (κ3) is 8.14. The molecule has 1 aromatic heterocycles. The van der Waals surface area contributed by atoms with Gasteiger partial charge in [-0.25, -0.2) is 4.42 Å². The Morgan fingerprint density at radius 3 is 1.74 bits per heavy atom. The summed E-state index contributed by atoms with van der Waals surface area (Å²) in [5.41, 5.74) is 6.81. The number of rotatable bonds is 5. The highest BCUT2D eigenvalue weighted by atomic mass is 19.5. The summed E-state index contributed by atoms with van der Waals surface area (Å²) in [6.07, 6.45) is 2.17. The first kappa shape index (κ1) is 25.8. The minimum absolute atomic E-state index is 0.864. The fourth-order valence-electron chi connectivity index (χ4n) is 3.43. The molecule has 1 heterocycles. The molecule has 0 unspecified atom stereocenters. The van der Waals surface area contributed by atoms with Gasteiger partial charge in [0.05, 0.1) is 23.3 Å². The smallest absolute Gasteiger partial charge is 0.418 e. The van der Waals surface area contributed by atoms with Crippen LogP contribution in [0.2, 0.25) is 0 Å². The number of benzene rings is 3. The summed E-state index contributed by atoms with van der Waals surface area (Å²) in [5, 5.41) is 0. The Bertz CT molecular complexity index is 1190. The first-order chi connectivity index (χ1) is 16.6. The van der Waals surface area contributed by atoms with Crippen LogP contribution in [0.25, 0.3) is 34.1 Å². The van der Waals surface area contributed by atoms with Crippen molar-refractivity contribution in [1.82, 2.24) is 0 Å². The lowest BCUT2D eigenvalue weighted by Gasteiger charge is -2.11. The second kappa shape index (κ2) is 11.5. The molecule has 0 fully saturated rings. The summed E-state index contributed by atoms with van der Waals surface area (Å²) in [6.45, 7) is 2.10. The molecule has 0 aliphatic carbocycles. The number of nitrogens with zero attached hydrogens (tertiary/aromatic N) is 1. The van der Waals surface area contributed by atoms with E-state index < -0.39 is 7.25 Å². The Hall–Kier alpha value is -3.87. The molecule has 4 aromatic rings. The molecule has 0 N–H and O–H groups in total. The zero-order valence-electron chi connectivity index (χ0n) is 19.8. The third-order valence-electron chi connectivity index (χ3n) is 5.14. The molecule has 2 nitrogen and oxygen atoms in total. The van der Waals surface area contributed by atoms with Crippen molar-refractivity contribution in [2.45, 2.75) is 6.92 Å². The van der Waals surface area contributed by atoms with Crippen LogP contribution in [0, 0.1) is 0 Å². The molecule has 180 valence electrons. The van der Waals surface area contributed by atoms with E-state index >= 15 is 0 Å². The van der Waals surface area contributed by atoms with E-state index in [2.05, 4.69) is 105 Å². The van der Waals surface area contributed by atoms with Crippen molar-refractivity contribution in [1.29, 1.82) is 0 Å². The standard InChI is InChI=1S/C28H26NO.BF4/c1-21(18-22-14-16-26(17-15-22)29(2)3)27-19-25(23-10-6-4-7-11-23)20-28(30-27)24-12-8-5-9-13-24;2-1(3,4)5/h4-20H,1-3H3;/q+1;-1. The third-order valence-corrected chi connectivity index (χ3v) is 5.14. The Morgan fingerprint density at radius 2 is 1.23 bits per heavy atom. The Balaban J connectivity index is 0.000000623. The Kier molecular flexibility index (Phi) is 8.47. The van der Waals surface area contributed by atoms with E-state index in [1.807, 2.05) is 24.3 Å². The topological polar surface area (TPSA) is 14.5 Å². The van der Waals surface area contributed by atoms with Crippen molar-refractivity contribution in [3.63, 3.8) is 0 Å². The highest BCUT2D eigenvalue weighted by molar-refractivity contribution is 6.50. The molecule has 0 amide bonds. The first-order valence-electron chi connectivity index (χ1n) is 11.0. The lowest BCUT2D eigenvalue weighted by atomic mass is 10.0. The Morgan fingerprint density at radius 1 is 0.714 bits per heavy atom. The van der Waals surface area contributed by atoms with Crippen LogP contribution >= 0.6 is 0 Å². The van der Waals surface area contributed by atoms with Crippen molar-refractivity contribution < 1.29 is 21.7 Å². The number of anilines is 1. The van der Waals surface area contributed by atoms with E-state index in [0.717, 1.165) is 33.8 Å². The van der Waals surface area contributed by atoms with Crippen LogP contribution in [0.1, 0.15) is 18.2 Å². The van der Waals surface area contributed by atoms with Crippen molar-refractivity contribution in [2.75, 3.05) is 19.0 Å². The zero-order chi connectivity index (χ0) is 25.4. The lowest BCUT2D eigenvalue weighted by Crippen LogP contribution is -2.07. The van der Waals surface area contributed by atoms with Crippen molar-refractivity contribution in [3.05, 3.63) is 108 Å². The fourth-order valence-corrected chi connectivity index (χ4v) is 3.43. The quantitative estimate of drug-likeness (QED) is 0.161. The summed E-state index contributed by atoms with van der Waals surface area (Å²) in [6, 6.07) is 33.5. The normalized spacial score (nSPS) is 11.5. The van der Waals surface area contributed by atoms with Gasteiger partial charge < -0.3 is 22.2 Å². The minimum Gasteiger partial charge on any atom is -0.418 e. The highest BCUT2D eigenvalue weighted by Gasteiger charge is 2.21. The van der Waals surface area contributed by atoms with Gasteiger partial charge in [0, 0.05) is 25.3 Å². The van der Waals surface area contributed by atoms with Gasteiger partial charge in [0.25, 0.3) is 0 Å². The van der Waals surface area contributed by atoms with Gasteiger partial charge in [-0.15, -0.1) is 0 Å². The number of hydrogen-bond acceptors (Lipinski definition) is 1. The first-order valence-corrected chi connectivity index (χ1v) is 11.0. The SMILES string of the molecule is CC(=Cc1ccc(N(C)C)cc1)c1cc(-c2ccccc2)cc(-c2ccccc2)[o+]1.F[B-](F)(F)F. The van der Waals surface area contributed by atoms with Gasteiger partial charge in [0.1, 0.15) is 0 Å². The molecule has 0 atom stereocenters. The molecule has 35 heavy (non-hydrogen) atoms. The number of allylic oxidation sites excluding steroid dienone is 1. The van der Waals surface area contributed by atoms with Crippen LogP contribution in [0.5, 0.6) is 0 Å². The van der Waals surface area contributed by atoms with E-state index in [1.54, 1.807) is 0 Å². The molecular formula is C28H26BF4NO. The largest absolute Gasteiger partial charge is 0.673 e. The van der Waals surface area contributed by atoms with Crippen LogP contribution in [0.3, 0.4) is 0 Å². The van der Waals surface area contributed by atoms with Gasteiger partial charge in [-0.1, -0.05) is 60.7 Å². The summed E-state index contributed by atoms with van der Waals surface area (Å²) in [5.74, 6) is 1.73. The molecule has 0 bridgehead atoms. The van der Waals surface area contributed by atoms with E-state index in [1.165, 1.54) is 11.3 Å². The maximum atomic E-state index is 9.75. The van der Waals surface area contributed by atoms with E-state index in [4.69, 9.17) is 4.42 Å². The maximum absolute atomic E-state index is 9.75. The van der Waals surface area contributed by atoms with Gasteiger partial charge >= 0.3 is 18.8 Å². The van der Waals surface area contributed by atoms with Crippen LogP contribution in [0.4, 0.5) is 23.0 Å². The molecule has 0 aliphatic heterocycles. The fraction of sp³-hybridized carbons (Fsp3) is 0.107. The van der Waals surface area contributed by atoms with E-state index in [-0.39, 0.29) is 0 Å². The lowest BCUT2D eigenvalue weighted by molar-refractivity contribution is 0.368. The van der Waals surface area contributed by atoms with Crippen LogP contribution in [-0.4, -0.2) is 21.3 Å². The van der Waals surface area contributed by atoms with Crippen molar-refractivity contribution >= 4 is 24.6 Å². The van der Waals surface area contributed by atoms with Gasteiger partial charge in [-0.05, 0) is 48.4 Å². The maximum Gasteiger partial charge on any atom is 0.673 e. The molecule has 7 heteroatoms. The molecule has 0 spiro atoms. The molecule has 3 aromatic carbocycles. The number of hydrogen-bond donors (Lipinski definition) is 0. The summed E-state index contributed by atoms with van der Waals surface area (Å²) in [4.78, 5) is 2.10.